The van der Waals surface area contributed by atoms with E-state index in [0.717, 1.165) is 39.0 Å². The van der Waals surface area contributed by atoms with Gasteiger partial charge >= 0.3 is 0 Å². The Morgan fingerprint density at radius 3 is 2.08 bits per heavy atom. The Kier molecular flexibility index (Phi) is 5.14. The summed E-state index contributed by atoms with van der Waals surface area (Å²) in [7, 11) is 0. The van der Waals surface area contributed by atoms with E-state index in [4.69, 9.17) is 4.42 Å². The topological polar surface area (TPSA) is 29.3 Å². The second kappa shape index (κ2) is 9.11. The number of fused-ring (bicyclic) bond motifs is 6. The lowest BCUT2D eigenvalue weighted by molar-refractivity contribution is 0.668. The molecule has 0 aliphatic heterocycles. The SMILES string of the molecule is c1ccc(-c2ccc(N(c3ccc4ccc5ccccc5c4c3)c3cccc4c3oc3ccncc34)cc2)cc1. The molecule has 8 rings (SSSR count). The lowest BCUT2D eigenvalue weighted by Crippen LogP contribution is -2.10. The summed E-state index contributed by atoms with van der Waals surface area (Å²) in [6.45, 7) is 0. The van der Waals surface area contributed by atoms with Crippen LogP contribution < -0.4 is 4.90 Å². The first kappa shape index (κ1) is 22.6. The van der Waals surface area contributed by atoms with Crippen LogP contribution in [0.15, 0.2) is 150 Å². The minimum atomic E-state index is 0.835. The zero-order valence-electron chi connectivity index (χ0n) is 21.7. The summed E-state index contributed by atoms with van der Waals surface area (Å²) in [5.41, 5.74) is 7.18. The highest BCUT2D eigenvalue weighted by Gasteiger charge is 2.20. The Bertz CT molecular complexity index is 2160. The molecule has 0 saturated heterocycles. The van der Waals surface area contributed by atoms with Crippen molar-refractivity contribution in [2.45, 2.75) is 0 Å². The zero-order chi connectivity index (χ0) is 26.5. The summed E-state index contributed by atoms with van der Waals surface area (Å²) in [6, 6.07) is 47.2. The van der Waals surface area contributed by atoms with Crippen LogP contribution in [0.5, 0.6) is 0 Å². The normalized spacial score (nSPS) is 11.5. The Balaban J connectivity index is 1.38. The van der Waals surface area contributed by atoms with Crippen molar-refractivity contribution >= 4 is 60.5 Å². The molecule has 2 heterocycles. The second-order valence-electron chi connectivity index (χ2n) is 10.1. The molecule has 0 aliphatic carbocycles. The van der Waals surface area contributed by atoms with Crippen molar-refractivity contribution in [1.29, 1.82) is 0 Å². The summed E-state index contributed by atoms with van der Waals surface area (Å²) in [5.74, 6) is 0. The Hall–Kier alpha value is -5.41. The molecular weight excluding hydrogens is 488 g/mol. The summed E-state index contributed by atoms with van der Waals surface area (Å²) < 4.78 is 6.48. The maximum Gasteiger partial charge on any atom is 0.159 e. The number of rotatable bonds is 4. The van der Waals surface area contributed by atoms with Crippen LogP contribution in [-0.2, 0) is 0 Å². The molecule has 3 nitrogen and oxygen atoms in total. The Labute approximate surface area is 231 Å². The number of anilines is 3. The van der Waals surface area contributed by atoms with Crippen molar-refractivity contribution in [1.82, 2.24) is 4.98 Å². The van der Waals surface area contributed by atoms with E-state index >= 15 is 0 Å². The fourth-order valence-electron chi connectivity index (χ4n) is 5.79. The summed E-state index contributed by atoms with van der Waals surface area (Å²) in [6.07, 6.45) is 3.66. The maximum absolute atomic E-state index is 6.48. The molecule has 188 valence electrons. The van der Waals surface area contributed by atoms with Gasteiger partial charge in [0.05, 0.1) is 5.69 Å². The second-order valence-corrected chi connectivity index (χ2v) is 10.1. The van der Waals surface area contributed by atoms with Crippen molar-refractivity contribution in [3.63, 3.8) is 0 Å². The van der Waals surface area contributed by atoms with E-state index in [-0.39, 0.29) is 0 Å². The highest BCUT2D eigenvalue weighted by atomic mass is 16.3. The predicted molar refractivity (Wildman–Crippen MR) is 167 cm³/mol. The van der Waals surface area contributed by atoms with Gasteiger partial charge < -0.3 is 9.32 Å². The third-order valence-electron chi connectivity index (χ3n) is 7.74. The monoisotopic (exact) mass is 512 g/mol. The number of aromatic nitrogens is 1. The molecule has 3 heteroatoms. The lowest BCUT2D eigenvalue weighted by atomic mass is 10.0. The van der Waals surface area contributed by atoms with E-state index in [1.54, 1.807) is 6.20 Å². The van der Waals surface area contributed by atoms with Gasteiger partial charge in [0, 0.05) is 34.5 Å². The van der Waals surface area contributed by atoms with Crippen molar-refractivity contribution < 1.29 is 4.42 Å². The molecule has 0 amide bonds. The molecule has 8 aromatic rings. The quantitative estimate of drug-likeness (QED) is 0.220. The number of hydrogen-bond acceptors (Lipinski definition) is 3. The number of nitrogens with zero attached hydrogens (tertiary/aromatic N) is 2. The highest BCUT2D eigenvalue weighted by molar-refractivity contribution is 6.12. The van der Waals surface area contributed by atoms with E-state index in [2.05, 4.69) is 131 Å². The molecule has 0 bridgehead atoms. The van der Waals surface area contributed by atoms with Crippen LogP contribution in [0.25, 0.3) is 54.6 Å². The molecule has 2 aromatic heterocycles. The van der Waals surface area contributed by atoms with E-state index in [0.29, 0.717) is 0 Å². The molecule has 0 aliphatic rings. The zero-order valence-corrected chi connectivity index (χ0v) is 21.7. The Morgan fingerprint density at radius 2 is 1.20 bits per heavy atom. The molecule has 6 aromatic carbocycles. The summed E-state index contributed by atoms with van der Waals surface area (Å²) in [5, 5.41) is 6.99. The molecule has 0 unspecified atom stereocenters. The van der Waals surface area contributed by atoms with Gasteiger partial charge in [-0.3, -0.25) is 4.98 Å². The first-order chi connectivity index (χ1) is 19.8. The molecule has 0 spiro atoms. The van der Waals surface area contributed by atoms with Crippen LogP contribution in [0.2, 0.25) is 0 Å². The van der Waals surface area contributed by atoms with Gasteiger partial charge in [-0.25, -0.2) is 0 Å². The molecule has 40 heavy (non-hydrogen) atoms. The van der Waals surface area contributed by atoms with E-state index in [1.807, 2.05) is 18.3 Å². The predicted octanol–water partition coefficient (Wildman–Crippen LogP) is 10.4. The molecule has 0 atom stereocenters. The standard InChI is InChI=1S/C37H24N2O/c1-2-7-25(8-3-1)26-15-18-29(19-16-26)39(35-12-6-11-32-34-24-38-22-21-36(34)40-37(32)35)30-20-17-28-14-13-27-9-4-5-10-31(27)33(28)23-30/h1-24H. The van der Waals surface area contributed by atoms with Crippen LogP contribution in [0, 0.1) is 0 Å². The minimum absolute atomic E-state index is 0.835. The maximum atomic E-state index is 6.48. The van der Waals surface area contributed by atoms with Gasteiger partial charge in [-0.1, -0.05) is 97.1 Å². The molecule has 0 radical (unpaired) electrons. The number of para-hydroxylation sites is 1. The van der Waals surface area contributed by atoms with E-state index in [1.165, 1.54) is 32.7 Å². The smallest absolute Gasteiger partial charge is 0.159 e. The average Bonchev–Trinajstić information content (AvgIpc) is 3.41. The van der Waals surface area contributed by atoms with Crippen LogP contribution in [0.4, 0.5) is 17.1 Å². The fraction of sp³-hybridized carbons (Fsp3) is 0. The fourth-order valence-corrected chi connectivity index (χ4v) is 5.79. The molecule has 0 fully saturated rings. The third kappa shape index (κ3) is 3.63. The summed E-state index contributed by atoms with van der Waals surface area (Å²) >= 11 is 0. The van der Waals surface area contributed by atoms with Crippen LogP contribution >= 0.6 is 0 Å². The van der Waals surface area contributed by atoms with Gasteiger partial charge in [-0.15, -0.1) is 0 Å². The van der Waals surface area contributed by atoms with Crippen molar-refractivity contribution in [3.8, 4) is 11.1 Å². The van der Waals surface area contributed by atoms with Gasteiger partial charge in [0.25, 0.3) is 0 Å². The van der Waals surface area contributed by atoms with Crippen LogP contribution in [0.1, 0.15) is 0 Å². The molecular formula is C37H24N2O. The van der Waals surface area contributed by atoms with Crippen molar-refractivity contribution in [2.24, 2.45) is 0 Å². The first-order valence-electron chi connectivity index (χ1n) is 13.5. The molecule has 0 N–H and O–H groups in total. The van der Waals surface area contributed by atoms with Gasteiger partial charge in [0.15, 0.2) is 5.58 Å². The average molecular weight is 513 g/mol. The minimum Gasteiger partial charge on any atom is -0.454 e. The lowest BCUT2D eigenvalue weighted by Gasteiger charge is -2.26. The van der Waals surface area contributed by atoms with E-state index in [9.17, 15) is 0 Å². The van der Waals surface area contributed by atoms with Crippen LogP contribution in [-0.4, -0.2) is 4.98 Å². The number of furan rings is 1. The first-order valence-corrected chi connectivity index (χ1v) is 13.5. The molecule has 0 saturated carbocycles. The van der Waals surface area contributed by atoms with Crippen LogP contribution in [0.3, 0.4) is 0 Å². The third-order valence-corrected chi connectivity index (χ3v) is 7.74. The Morgan fingerprint density at radius 1 is 0.500 bits per heavy atom. The largest absolute Gasteiger partial charge is 0.454 e. The van der Waals surface area contributed by atoms with Gasteiger partial charge in [0.2, 0.25) is 0 Å². The number of hydrogen-bond donors (Lipinski definition) is 0. The van der Waals surface area contributed by atoms with Gasteiger partial charge in [-0.2, -0.15) is 0 Å². The van der Waals surface area contributed by atoms with Gasteiger partial charge in [0.1, 0.15) is 5.58 Å². The number of pyridine rings is 1. The van der Waals surface area contributed by atoms with E-state index < -0.39 is 0 Å². The van der Waals surface area contributed by atoms with Crippen molar-refractivity contribution in [3.05, 3.63) is 146 Å². The summed E-state index contributed by atoms with van der Waals surface area (Å²) in [4.78, 5) is 6.65. The van der Waals surface area contributed by atoms with Crippen molar-refractivity contribution in [2.75, 3.05) is 4.90 Å². The highest BCUT2D eigenvalue weighted by Crippen LogP contribution is 2.43. The van der Waals surface area contributed by atoms with Gasteiger partial charge in [-0.05, 0) is 69.1 Å². The number of benzene rings is 6.